The van der Waals surface area contributed by atoms with Crippen molar-refractivity contribution in [2.45, 2.75) is 51.0 Å². The van der Waals surface area contributed by atoms with Gasteiger partial charge in [-0.3, -0.25) is 14.9 Å². The van der Waals surface area contributed by atoms with Crippen molar-refractivity contribution in [2.75, 3.05) is 5.32 Å². The second-order valence-electron chi connectivity index (χ2n) is 5.57. The quantitative estimate of drug-likeness (QED) is 0.865. The van der Waals surface area contributed by atoms with E-state index in [1.807, 2.05) is 0 Å². The van der Waals surface area contributed by atoms with E-state index < -0.39 is 6.04 Å². The van der Waals surface area contributed by atoms with Gasteiger partial charge in [0, 0.05) is 11.8 Å². The van der Waals surface area contributed by atoms with Gasteiger partial charge in [-0.15, -0.1) is 10.2 Å². The highest BCUT2D eigenvalue weighted by Crippen LogP contribution is 2.42. The zero-order valence-corrected chi connectivity index (χ0v) is 12.2. The number of rotatable bonds is 5. The van der Waals surface area contributed by atoms with Gasteiger partial charge in [0.15, 0.2) is 0 Å². The third-order valence-electron chi connectivity index (χ3n) is 3.83. The highest BCUT2D eigenvalue weighted by atomic mass is 32.1. The number of carbonyl (C=O) groups is 2. The summed E-state index contributed by atoms with van der Waals surface area (Å²) >= 11 is 1.42. The Morgan fingerprint density at radius 2 is 2.00 bits per heavy atom. The van der Waals surface area contributed by atoms with E-state index in [4.69, 9.17) is 0 Å². The number of anilines is 1. The molecule has 2 amide bonds. The highest BCUT2D eigenvalue weighted by Gasteiger charge is 2.29. The zero-order valence-electron chi connectivity index (χ0n) is 11.4. The van der Waals surface area contributed by atoms with Gasteiger partial charge in [0.05, 0.1) is 0 Å². The molecule has 1 aromatic heterocycles. The largest absolute Gasteiger partial charge is 0.344 e. The molecule has 0 spiro atoms. The van der Waals surface area contributed by atoms with Crippen LogP contribution in [0.5, 0.6) is 0 Å². The lowest BCUT2D eigenvalue weighted by Gasteiger charge is -2.25. The Bertz CT molecular complexity index is 522. The molecule has 7 heteroatoms. The average molecular weight is 294 g/mol. The van der Waals surface area contributed by atoms with Crippen LogP contribution in [0.3, 0.4) is 0 Å². The van der Waals surface area contributed by atoms with Crippen LogP contribution >= 0.6 is 11.3 Å². The molecule has 2 fully saturated rings. The van der Waals surface area contributed by atoms with Crippen molar-refractivity contribution in [2.24, 2.45) is 5.92 Å². The molecule has 20 heavy (non-hydrogen) atoms. The molecule has 0 aliphatic heterocycles. The molecule has 3 rings (SSSR count). The Morgan fingerprint density at radius 3 is 2.60 bits per heavy atom. The molecular formula is C13H18N4O2S. The molecule has 108 valence electrons. The van der Waals surface area contributed by atoms with Crippen LogP contribution in [0.1, 0.15) is 50.0 Å². The Balaban J connectivity index is 1.50. The number of hydrogen-bond acceptors (Lipinski definition) is 5. The van der Waals surface area contributed by atoms with E-state index >= 15 is 0 Å². The van der Waals surface area contributed by atoms with E-state index in [-0.39, 0.29) is 17.7 Å². The summed E-state index contributed by atoms with van der Waals surface area (Å²) in [6, 6.07) is -0.545. The molecule has 0 bridgehead atoms. The summed E-state index contributed by atoms with van der Waals surface area (Å²) < 4.78 is 0. The van der Waals surface area contributed by atoms with Crippen molar-refractivity contribution in [1.29, 1.82) is 0 Å². The summed E-state index contributed by atoms with van der Waals surface area (Å²) in [5.74, 6) is 0.369. The summed E-state index contributed by atoms with van der Waals surface area (Å²) in [7, 11) is 0. The minimum Gasteiger partial charge on any atom is -0.344 e. The molecule has 0 aromatic carbocycles. The number of nitrogens with one attached hydrogen (secondary N) is 2. The molecule has 2 saturated carbocycles. The van der Waals surface area contributed by atoms with Gasteiger partial charge in [-0.1, -0.05) is 17.8 Å². The smallest absolute Gasteiger partial charge is 0.248 e. The fraction of sp³-hybridized carbons (Fsp3) is 0.692. The fourth-order valence-electron chi connectivity index (χ4n) is 2.06. The van der Waals surface area contributed by atoms with Crippen LogP contribution in [-0.2, 0) is 9.59 Å². The molecule has 0 radical (unpaired) electrons. The molecule has 1 atom stereocenters. The topological polar surface area (TPSA) is 84.0 Å². The van der Waals surface area contributed by atoms with Crippen LogP contribution in [0.4, 0.5) is 5.13 Å². The van der Waals surface area contributed by atoms with E-state index in [1.54, 1.807) is 6.92 Å². The minimum atomic E-state index is -0.545. The third kappa shape index (κ3) is 2.98. The summed E-state index contributed by atoms with van der Waals surface area (Å²) in [5.41, 5.74) is 0. The molecule has 6 nitrogen and oxygen atoms in total. The van der Waals surface area contributed by atoms with Crippen LogP contribution < -0.4 is 10.6 Å². The standard InChI is InChI=1S/C13H18N4O2S/c1-7(14-11(19)8-3-2-4-8)10(18)15-13-17-16-12(20-13)9-5-6-9/h7-9H,2-6H2,1H3,(H,14,19)(H,15,17,18)/t7-/m0/s1. The molecule has 2 N–H and O–H groups in total. The first kappa shape index (κ1) is 13.5. The van der Waals surface area contributed by atoms with E-state index in [2.05, 4.69) is 20.8 Å². The van der Waals surface area contributed by atoms with Gasteiger partial charge in [-0.25, -0.2) is 0 Å². The second kappa shape index (κ2) is 5.47. The molecule has 2 aliphatic carbocycles. The molecule has 1 heterocycles. The maximum Gasteiger partial charge on any atom is 0.248 e. The zero-order chi connectivity index (χ0) is 14.1. The number of carbonyl (C=O) groups excluding carboxylic acids is 2. The maximum absolute atomic E-state index is 12.0. The number of hydrogen-bond donors (Lipinski definition) is 2. The lowest BCUT2D eigenvalue weighted by Crippen LogP contribution is -2.45. The van der Waals surface area contributed by atoms with Crippen LogP contribution in [0.2, 0.25) is 0 Å². The van der Waals surface area contributed by atoms with Gasteiger partial charge in [0.1, 0.15) is 11.0 Å². The van der Waals surface area contributed by atoms with Crippen molar-refractivity contribution in [1.82, 2.24) is 15.5 Å². The summed E-state index contributed by atoms with van der Waals surface area (Å²) in [4.78, 5) is 23.8. The second-order valence-corrected chi connectivity index (χ2v) is 6.58. The highest BCUT2D eigenvalue weighted by molar-refractivity contribution is 7.15. The van der Waals surface area contributed by atoms with Gasteiger partial charge < -0.3 is 5.32 Å². The van der Waals surface area contributed by atoms with Crippen LogP contribution in [0.15, 0.2) is 0 Å². The first-order valence-electron chi connectivity index (χ1n) is 7.08. The predicted molar refractivity (Wildman–Crippen MR) is 75.5 cm³/mol. The van der Waals surface area contributed by atoms with Crippen LogP contribution in [-0.4, -0.2) is 28.1 Å². The third-order valence-corrected chi connectivity index (χ3v) is 4.83. The van der Waals surface area contributed by atoms with E-state index in [9.17, 15) is 9.59 Å². The normalized spacial score (nSPS) is 20.1. The number of nitrogens with zero attached hydrogens (tertiary/aromatic N) is 2. The van der Waals surface area contributed by atoms with Gasteiger partial charge in [0.25, 0.3) is 0 Å². The molecule has 0 unspecified atom stereocenters. The molecule has 2 aliphatic rings. The Kier molecular flexibility index (Phi) is 3.69. The van der Waals surface area contributed by atoms with Crippen LogP contribution in [0, 0.1) is 5.92 Å². The van der Waals surface area contributed by atoms with Crippen molar-refractivity contribution in [3.8, 4) is 0 Å². The lowest BCUT2D eigenvalue weighted by atomic mass is 9.84. The van der Waals surface area contributed by atoms with Crippen molar-refractivity contribution in [3.05, 3.63) is 5.01 Å². The number of amides is 2. The van der Waals surface area contributed by atoms with Gasteiger partial charge >= 0.3 is 0 Å². The lowest BCUT2D eigenvalue weighted by molar-refractivity contribution is -0.130. The molecular weight excluding hydrogens is 276 g/mol. The van der Waals surface area contributed by atoms with E-state index in [1.165, 1.54) is 11.3 Å². The van der Waals surface area contributed by atoms with Gasteiger partial charge in [-0.2, -0.15) is 0 Å². The first-order valence-corrected chi connectivity index (χ1v) is 7.90. The van der Waals surface area contributed by atoms with Crippen molar-refractivity contribution >= 4 is 28.3 Å². The SMILES string of the molecule is C[C@H](NC(=O)C1CCC1)C(=O)Nc1nnc(C2CC2)s1. The van der Waals surface area contributed by atoms with Crippen LogP contribution in [0.25, 0.3) is 0 Å². The summed E-state index contributed by atoms with van der Waals surface area (Å²) in [6.07, 6.45) is 5.29. The first-order chi connectivity index (χ1) is 9.63. The van der Waals surface area contributed by atoms with E-state index in [0.29, 0.717) is 11.0 Å². The van der Waals surface area contributed by atoms with Gasteiger partial charge in [0.2, 0.25) is 16.9 Å². The fourth-order valence-corrected chi connectivity index (χ4v) is 2.98. The summed E-state index contributed by atoms with van der Waals surface area (Å²) in [6.45, 7) is 1.69. The number of aromatic nitrogens is 2. The Morgan fingerprint density at radius 1 is 1.25 bits per heavy atom. The maximum atomic E-state index is 12.0. The monoisotopic (exact) mass is 294 g/mol. The molecule has 0 saturated heterocycles. The molecule has 1 aromatic rings. The van der Waals surface area contributed by atoms with Crippen molar-refractivity contribution < 1.29 is 9.59 Å². The van der Waals surface area contributed by atoms with E-state index in [0.717, 1.165) is 37.1 Å². The Labute approximate surface area is 121 Å². The van der Waals surface area contributed by atoms with Gasteiger partial charge in [-0.05, 0) is 32.6 Å². The Hall–Kier alpha value is -1.50. The predicted octanol–water partition coefficient (Wildman–Crippen LogP) is 1.66. The van der Waals surface area contributed by atoms with Crippen molar-refractivity contribution in [3.63, 3.8) is 0 Å². The summed E-state index contributed by atoms with van der Waals surface area (Å²) in [5, 5.41) is 15.0. The minimum absolute atomic E-state index is 0.0187. The average Bonchev–Trinajstić information content (AvgIpc) is 3.08.